The summed E-state index contributed by atoms with van der Waals surface area (Å²) in [7, 11) is 0. The number of carbonyl (C=O) groups is 3. The van der Waals surface area contributed by atoms with Crippen molar-refractivity contribution in [2.75, 3.05) is 0 Å². The van der Waals surface area contributed by atoms with E-state index in [1.54, 1.807) is 24.5 Å². The first-order valence-electron chi connectivity index (χ1n) is 6.90. The van der Waals surface area contributed by atoms with Crippen LogP contribution in [0.25, 0.3) is 0 Å². The fraction of sp³-hybridized carbons (Fsp3) is 0.0625. The van der Waals surface area contributed by atoms with Crippen LogP contribution in [-0.4, -0.2) is 34.1 Å². The largest absolute Gasteiger partial charge is 0.478 e. The maximum atomic E-state index is 11.6. The molecule has 8 heteroatoms. The zero-order chi connectivity index (χ0) is 17.4. The van der Waals surface area contributed by atoms with E-state index < -0.39 is 17.8 Å². The van der Waals surface area contributed by atoms with Gasteiger partial charge in [-0.25, -0.2) is 10.2 Å². The SMILES string of the molecule is O=C(NCc1cccnc1)C(=O)N/N=C\c1ccc(C(=O)O)cc1. The van der Waals surface area contributed by atoms with Crippen LogP contribution in [0.5, 0.6) is 0 Å². The van der Waals surface area contributed by atoms with Gasteiger partial charge in [-0.05, 0) is 29.3 Å². The predicted molar refractivity (Wildman–Crippen MR) is 85.2 cm³/mol. The average Bonchev–Trinajstić information content (AvgIpc) is 2.61. The van der Waals surface area contributed by atoms with Crippen molar-refractivity contribution in [3.63, 3.8) is 0 Å². The summed E-state index contributed by atoms with van der Waals surface area (Å²) < 4.78 is 0. The number of hydrogen-bond acceptors (Lipinski definition) is 5. The van der Waals surface area contributed by atoms with Crippen LogP contribution in [-0.2, 0) is 16.1 Å². The van der Waals surface area contributed by atoms with Crippen LogP contribution in [0.4, 0.5) is 0 Å². The van der Waals surface area contributed by atoms with Gasteiger partial charge in [0.2, 0.25) is 0 Å². The number of aromatic nitrogens is 1. The summed E-state index contributed by atoms with van der Waals surface area (Å²) in [4.78, 5) is 37.8. The summed E-state index contributed by atoms with van der Waals surface area (Å²) in [5, 5.41) is 14.9. The van der Waals surface area contributed by atoms with Gasteiger partial charge < -0.3 is 10.4 Å². The number of pyridine rings is 1. The smallest absolute Gasteiger partial charge is 0.335 e. The van der Waals surface area contributed by atoms with Crippen LogP contribution in [0.3, 0.4) is 0 Å². The Balaban J connectivity index is 1.81. The van der Waals surface area contributed by atoms with Gasteiger partial charge in [0.25, 0.3) is 0 Å². The maximum Gasteiger partial charge on any atom is 0.335 e. The maximum absolute atomic E-state index is 11.6. The molecule has 0 aliphatic heterocycles. The van der Waals surface area contributed by atoms with E-state index in [4.69, 9.17) is 5.11 Å². The van der Waals surface area contributed by atoms with Crippen molar-refractivity contribution in [1.82, 2.24) is 15.7 Å². The van der Waals surface area contributed by atoms with Crippen molar-refractivity contribution in [1.29, 1.82) is 0 Å². The van der Waals surface area contributed by atoms with Crippen LogP contribution in [0.15, 0.2) is 53.9 Å². The lowest BCUT2D eigenvalue weighted by atomic mass is 10.1. The van der Waals surface area contributed by atoms with Gasteiger partial charge in [-0.3, -0.25) is 14.6 Å². The monoisotopic (exact) mass is 326 g/mol. The van der Waals surface area contributed by atoms with Crippen LogP contribution >= 0.6 is 0 Å². The molecule has 2 aromatic rings. The molecule has 0 unspecified atom stereocenters. The average molecular weight is 326 g/mol. The number of benzene rings is 1. The second-order valence-electron chi connectivity index (χ2n) is 4.67. The topological polar surface area (TPSA) is 121 Å². The van der Waals surface area contributed by atoms with E-state index in [9.17, 15) is 14.4 Å². The van der Waals surface area contributed by atoms with Gasteiger partial charge in [0, 0.05) is 18.9 Å². The van der Waals surface area contributed by atoms with Crippen molar-refractivity contribution in [2.45, 2.75) is 6.54 Å². The summed E-state index contributed by atoms with van der Waals surface area (Å²) in [5.41, 5.74) is 3.58. The molecule has 0 saturated carbocycles. The van der Waals surface area contributed by atoms with E-state index in [0.29, 0.717) is 5.56 Å². The molecule has 1 heterocycles. The summed E-state index contributed by atoms with van der Waals surface area (Å²) >= 11 is 0. The number of hydrazone groups is 1. The Morgan fingerprint density at radius 2 is 1.88 bits per heavy atom. The number of amides is 2. The van der Waals surface area contributed by atoms with Crippen molar-refractivity contribution in [3.8, 4) is 0 Å². The molecule has 8 nitrogen and oxygen atoms in total. The Morgan fingerprint density at radius 1 is 1.12 bits per heavy atom. The van der Waals surface area contributed by atoms with E-state index in [2.05, 4.69) is 20.8 Å². The van der Waals surface area contributed by atoms with Crippen LogP contribution in [0, 0.1) is 0 Å². The molecule has 1 aromatic heterocycles. The lowest BCUT2D eigenvalue weighted by Gasteiger charge is -2.03. The molecule has 2 rings (SSSR count). The molecule has 24 heavy (non-hydrogen) atoms. The molecule has 0 saturated heterocycles. The third kappa shape index (κ3) is 5.02. The fourth-order valence-electron chi connectivity index (χ4n) is 1.69. The predicted octanol–water partition coefficient (Wildman–Crippen LogP) is 0.546. The third-order valence-corrected chi connectivity index (χ3v) is 2.92. The Bertz CT molecular complexity index is 757. The standard InChI is InChI=1S/C16H14N4O4/c21-14(18-9-12-2-1-7-17-8-12)15(22)20-19-10-11-3-5-13(6-4-11)16(23)24/h1-8,10H,9H2,(H,18,21)(H,20,22)(H,23,24)/b19-10-. The molecule has 3 N–H and O–H groups in total. The molecule has 0 fully saturated rings. The highest BCUT2D eigenvalue weighted by molar-refractivity contribution is 6.35. The number of hydrogen-bond donors (Lipinski definition) is 3. The highest BCUT2D eigenvalue weighted by Crippen LogP contribution is 2.02. The first kappa shape index (κ1) is 16.8. The summed E-state index contributed by atoms with van der Waals surface area (Å²) in [6.45, 7) is 0.181. The van der Waals surface area contributed by atoms with Gasteiger partial charge >= 0.3 is 17.8 Å². The number of nitrogens with one attached hydrogen (secondary N) is 2. The van der Waals surface area contributed by atoms with E-state index in [-0.39, 0.29) is 12.1 Å². The number of aromatic carboxylic acids is 1. The van der Waals surface area contributed by atoms with Gasteiger partial charge in [0.05, 0.1) is 11.8 Å². The second-order valence-corrected chi connectivity index (χ2v) is 4.67. The van der Waals surface area contributed by atoms with Crippen LogP contribution in [0.1, 0.15) is 21.5 Å². The molecular weight excluding hydrogens is 312 g/mol. The molecule has 0 aliphatic carbocycles. The first-order chi connectivity index (χ1) is 11.6. The molecule has 2 amide bonds. The zero-order valence-corrected chi connectivity index (χ0v) is 12.5. The normalized spacial score (nSPS) is 10.3. The van der Waals surface area contributed by atoms with E-state index >= 15 is 0 Å². The summed E-state index contributed by atoms with van der Waals surface area (Å²) in [6, 6.07) is 9.37. The minimum atomic E-state index is -1.03. The Morgan fingerprint density at radius 3 is 2.50 bits per heavy atom. The van der Waals surface area contributed by atoms with Crippen molar-refractivity contribution < 1.29 is 19.5 Å². The van der Waals surface area contributed by atoms with Gasteiger partial charge in [0.1, 0.15) is 0 Å². The molecule has 1 aromatic carbocycles. The lowest BCUT2D eigenvalue weighted by molar-refractivity contribution is -0.139. The number of rotatable bonds is 5. The number of carboxylic acids is 1. The van der Waals surface area contributed by atoms with Crippen molar-refractivity contribution in [2.24, 2.45) is 5.10 Å². The molecule has 0 atom stereocenters. The highest BCUT2D eigenvalue weighted by Gasteiger charge is 2.11. The van der Waals surface area contributed by atoms with Gasteiger partial charge in [-0.1, -0.05) is 18.2 Å². The van der Waals surface area contributed by atoms with Crippen molar-refractivity contribution >= 4 is 24.0 Å². The second kappa shape index (κ2) is 8.18. The van der Waals surface area contributed by atoms with E-state index in [1.165, 1.54) is 30.5 Å². The third-order valence-electron chi connectivity index (χ3n) is 2.92. The van der Waals surface area contributed by atoms with E-state index in [1.807, 2.05) is 0 Å². The van der Waals surface area contributed by atoms with Gasteiger partial charge in [-0.2, -0.15) is 5.10 Å². The molecule has 0 radical (unpaired) electrons. The molecule has 0 aliphatic rings. The van der Waals surface area contributed by atoms with Crippen LogP contribution in [0.2, 0.25) is 0 Å². The molecule has 0 bridgehead atoms. The number of carbonyl (C=O) groups excluding carboxylic acids is 2. The quantitative estimate of drug-likeness (QED) is 0.421. The minimum Gasteiger partial charge on any atom is -0.478 e. The van der Waals surface area contributed by atoms with Gasteiger partial charge in [0.15, 0.2) is 0 Å². The fourth-order valence-corrected chi connectivity index (χ4v) is 1.69. The van der Waals surface area contributed by atoms with Gasteiger partial charge in [-0.15, -0.1) is 0 Å². The zero-order valence-electron chi connectivity index (χ0n) is 12.5. The molecular formula is C16H14N4O4. The van der Waals surface area contributed by atoms with E-state index in [0.717, 1.165) is 5.56 Å². The Labute approximate surface area is 137 Å². The molecule has 122 valence electrons. The number of carboxylic acid groups (broad SMARTS) is 1. The van der Waals surface area contributed by atoms with Crippen molar-refractivity contribution in [3.05, 3.63) is 65.5 Å². The Hall–Kier alpha value is -3.55. The summed E-state index contributed by atoms with van der Waals surface area (Å²) in [6.07, 6.45) is 4.49. The Kier molecular flexibility index (Phi) is 5.73. The molecule has 0 spiro atoms. The lowest BCUT2D eigenvalue weighted by Crippen LogP contribution is -2.37. The first-order valence-corrected chi connectivity index (χ1v) is 6.90. The summed E-state index contributed by atoms with van der Waals surface area (Å²) in [5.74, 6) is -2.76. The minimum absolute atomic E-state index is 0.144. The number of nitrogens with zero attached hydrogens (tertiary/aromatic N) is 2. The highest BCUT2D eigenvalue weighted by atomic mass is 16.4. The van der Waals surface area contributed by atoms with Crippen LogP contribution < -0.4 is 10.7 Å².